The molecule has 0 spiro atoms. The normalized spacial score (nSPS) is 32.6. The van der Waals surface area contributed by atoms with E-state index in [0.29, 0.717) is 0 Å². The van der Waals surface area contributed by atoms with Crippen molar-refractivity contribution < 1.29 is 13.7 Å². The van der Waals surface area contributed by atoms with Gasteiger partial charge < -0.3 is 9.31 Å². The third-order valence-corrected chi connectivity index (χ3v) is 4.46. The largest absolute Gasteiger partial charge is 0.465 e. The van der Waals surface area contributed by atoms with Gasteiger partial charge in [0.25, 0.3) is 0 Å². The molecular weight excluding hydrogens is 244 g/mol. The van der Waals surface area contributed by atoms with E-state index in [0.717, 1.165) is 0 Å². The smallest absolute Gasteiger partial charge is 0.403 e. The van der Waals surface area contributed by atoms with Crippen molar-refractivity contribution >= 4 is 7.12 Å². The first-order valence-electron chi connectivity index (χ1n) is 6.53. The van der Waals surface area contributed by atoms with Crippen LogP contribution in [0.25, 0.3) is 0 Å². The molecule has 1 heterocycles. The predicted octanol–water partition coefficient (Wildman–Crippen LogP) is 3.40. The van der Waals surface area contributed by atoms with Gasteiger partial charge in [0.2, 0.25) is 0 Å². The fraction of sp³-hybridized carbons (Fsp3) is 0.643. The zero-order valence-corrected chi connectivity index (χ0v) is 12.0. The maximum absolute atomic E-state index is 13.6. The van der Waals surface area contributed by atoms with E-state index >= 15 is 0 Å². The van der Waals surface area contributed by atoms with E-state index in [1.54, 1.807) is 6.08 Å². The van der Waals surface area contributed by atoms with Gasteiger partial charge in [0.1, 0.15) is 5.83 Å². The van der Waals surface area contributed by atoms with Crippen LogP contribution in [0.1, 0.15) is 34.6 Å². The molecule has 0 saturated carbocycles. The summed E-state index contributed by atoms with van der Waals surface area (Å²) in [6, 6.07) is 1.94. The maximum Gasteiger partial charge on any atom is 0.465 e. The zero-order chi connectivity index (χ0) is 14.4. The fourth-order valence-electron chi connectivity index (χ4n) is 2.39. The van der Waals surface area contributed by atoms with Gasteiger partial charge in [-0.15, -0.1) is 0 Å². The molecule has 1 aliphatic heterocycles. The molecule has 2 unspecified atom stereocenters. The maximum atomic E-state index is 13.6. The van der Waals surface area contributed by atoms with E-state index in [9.17, 15) is 4.39 Å². The summed E-state index contributed by atoms with van der Waals surface area (Å²) in [6.45, 7) is 9.74. The SMILES string of the molecule is CC1C(C#N)=C(F)C=CC1B1OC(C)(C)C(C)(C)O1. The molecule has 0 aromatic rings. The minimum Gasteiger partial charge on any atom is -0.403 e. The summed E-state index contributed by atoms with van der Waals surface area (Å²) in [5, 5.41) is 9.03. The molecule has 1 fully saturated rings. The number of halogens is 1. The number of nitriles is 1. The van der Waals surface area contributed by atoms with E-state index in [1.165, 1.54) is 6.08 Å². The highest BCUT2D eigenvalue weighted by atomic mass is 19.1. The first-order valence-corrected chi connectivity index (χ1v) is 6.53. The molecule has 2 atom stereocenters. The van der Waals surface area contributed by atoms with Crippen LogP contribution in [0, 0.1) is 17.2 Å². The van der Waals surface area contributed by atoms with Crippen molar-refractivity contribution in [1.29, 1.82) is 5.26 Å². The second-order valence-corrected chi connectivity index (χ2v) is 6.22. The van der Waals surface area contributed by atoms with Crippen LogP contribution in [-0.4, -0.2) is 18.3 Å². The summed E-state index contributed by atoms with van der Waals surface area (Å²) in [5.74, 6) is -0.845. The number of nitrogens with zero attached hydrogens (tertiary/aromatic N) is 1. The van der Waals surface area contributed by atoms with Crippen molar-refractivity contribution in [2.24, 2.45) is 5.92 Å². The van der Waals surface area contributed by atoms with Crippen molar-refractivity contribution in [3.8, 4) is 6.07 Å². The van der Waals surface area contributed by atoms with Crippen LogP contribution in [0.3, 0.4) is 0 Å². The Hall–Kier alpha value is -1.12. The fourth-order valence-corrected chi connectivity index (χ4v) is 2.39. The molecule has 3 nitrogen and oxygen atoms in total. The molecule has 0 radical (unpaired) electrons. The van der Waals surface area contributed by atoms with Crippen LogP contribution < -0.4 is 0 Å². The number of hydrogen-bond acceptors (Lipinski definition) is 3. The van der Waals surface area contributed by atoms with Gasteiger partial charge in [-0.05, 0) is 39.7 Å². The summed E-state index contributed by atoms with van der Waals surface area (Å²) in [5.41, 5.74) is -0.669. The summed E-state index contributed by atoms with van der Waals surface area (Å²) in [6.07, 6.45) is 3.08. The van der Waals surface area contributed by atoms with Crippen LogP contribution in [0.5, 0.6) is 0 Å². The third kappa shape index (κ3) is 2.24. The quantitative estimate of drug-likeness (QED) is 0.681. The van der Waals surface area contributed by atoms with Crippen molar-refractivity contribution in [2.75, 3.05) is 0 Å². The zero-order valence-electron chi connectivity index (χ0n) is 12.0. The van der Waals surface area contributed by atoms with E-state index in [1.807, 2.05) is 40.7 Å². The van der Waals surface area contributed by atoms with Crippen LogP contribution >= 0.6 is 0 Å². The van der Waals surface area contributed by atoms with Crippen molar-refractivity contribution in [1.82, 2.24) is 0 Å². The molecule has 0 aromatic carbocycles. The Balaban J connectivity index is 2.24. The molecule has 1 aliphatic carbocycles. The highest BCUT2D eigenvalue weighted by Crippen LogP contribution is 2.45. The third-order valence-electron chi connectivity index (χ3n) is 4.46. The van der Waals surface area contributed by atoms with Gasteiger partial charge in [-0.2, -0.15) is 5.26 Å². The number of hydrogen-bond donors (Lipinski definition) is 0. The van der Waals surface area contributed by atoms with Crippen molar-refractivity contribution in [3.05, 3.63) is 23.6 Å². The second kappa shape index (κ2) is 4.47. The minimum absolute atomic E-state index is 0.143. The Morgan fingerprint density at radius 2 is 1.79 bits per heavy atom. The molecule has 19 heavy (non-hydrogen) atoms. The van der Waals surface area contributed by atoms with E-state index in [-0.39, 0.29) is 17.3 Å². The average molecular weight is 263 g/mol. The summed E-state index contributed by atoms with van der Waals surface area (Å²) in [4.78, 5) is 0. The molecule has 0 N–H and O–H groups in total. The highest BCUT2D eigenvalue weighted by molar-refractivity contribution is 6.48. The summed E-state index contributed by atoms with van der Waals surface area (Å²) in [7, 11) is -0.451. The van der Waals surface area contributed by atoms with Gasteiger partial charge in [0.15, 0.2) is 0 Å². The molecule has 0 aromatic heterocycles. The summed E-state index contributed by atoms with van der Waals surface area (Å²) >= 11 is 0. The lowest BCUT2D eigenvalue weighted by Crippen LogP contribution is -2.41. The van der Waals surface area contributed by atoms with Gasteiger partial charge in [0, 0.05) is 5.82 Å². The predicted molar refractivity (Wildman–Crippen MR) is 71.9 cm³/mol. The first-order chi connectivity index (χ1) is 8.69. The van der Waals surface area contributed by atoms with Crippen LogP contribution in [0.15, 0.2) is 23.6 Å². The van der Waals surface area contributed by atoms with Gasteiger partial charge in [-0.25, -0.2) is 4.39 Å². The highest BCUT2D eigenvalue weighted by Gasteiger charge is 2.54. The second-order valence-electron chi connectivity index (χ2n) is 6.22. The summed E-state index contributed by atoms with van der Waals surface area (Å²) < 4.78 is 25.5. The van der Waals surface area contributed by atoms with Gasteiger partial charge in [-0.3, -0.25) is 0 Å². The Morgan fingerprint density at radius 1 is 1.26 bits per heavy atom. The van der Waals surface area contributed by atoms with Gasteiger partial charge in [-0.1, -0.05) is 13.0 Å². The molecule has 0 amide bonds. The Morgan fingerprint density at radius 3 is 2.26 bits per heavy atom. The minimum atomic E-state index is -0.456. The Bertz CT molecular complexity index is 474. The molecule has 0 bridgehead atoms. The monoisotopic (exact) mass is 263 g/mol. The standard InChI is InChI=1S/C14H19BFNO2/c1-9-10(8-17)12(16)7-6-11(9)15-18-13(2,3)14(4,5)19-15/h6-7,9,11H,1-5H3. The van der Waals surface area contributed by atoms with Crippen LogP contribution in [0.4, 0.5) is 4.39 Å². The molecular formula is C14H19BFNO2. The first kappa shape index (κ1) is 14.3. The lowest BCUT2D eigenvalue weighted by atomic mass is 9.62. The van der Waals surface area contributed by atoms with Crippen LogP contribution in [-0.2, 0) is 9.31 Å². The molecule has 2 aliphatic rings. The van der Waals surface area contributed by atoms with E-state index in [4.69, 9.17) is 14.6 Å². The van der Waals surface area contributed by atoms with Crippen molar-refractivity contribution in [3.63, 3.8) is 0 Å². The lowest BCUT2D eigenvalue weighted by molar-refractivity contribution is 0.00578. The molecule has 102 valence electrons. The molecule has 2 rings (SSSR count). The van der Waals surface area contributed by atoms with Gasteiger partial charge in [0.05, 0.1) is 22.8 Å². The number of rotatable bonds is 1. The average Bonchev–Trinajstić information content (AvgIpc) is 2.48. The van der Waals surface area contributed by atoms with Gasteiger partial charge >= 0.3 is 7.12 Å². The van der Waals surface area contributed by atoms with E-state index < -0.39 is 24.1 Å². The number of allylic oxidation sites excluding steroid dienone is 4. The topological polar surface area (TPSA) is 42.2 Å². The lowest BCUT2D eigenvalue weighted by Gasteiger charge is -2.32. The Kier molecular flexibility index (Phi) is 3.36. The van der Waals surface area contributed by atoms with E-state index in [2.05, 4.69) is 0 Å². The molecule has 1 saturated heterocycles. The van der Waals surface area contributed by atoms with Crippen LogP contribution in [0.2, 0.25) is 5.82 Å². The molecule has 5 heteroatoms. The Labute approximate surface area is 114 Å². The van der Waals surface area contributed by atoms with Crippen molar-refractivity contribution in [2.45, 2.75) is 51.6 Å².